The third-order valence-corrected chi connectivity index (χ3v) is 6.51. The molecule has 0 spiro atoms. The van der Waals surface area contributed by atoms with Crippen molar-refractivity contribution in [1.82, 2.24) is 10.6 Å². The molecule has 0 aromatic rings. The van der Waals surface area contributed by atoms with Crippen LogP contribution in [0.15, 0.2) is 0 Å². The molecule has 0 saturated heterocycles. The van der Waals surface area contributed by atoms with Crippen LogP contribution in [0.2, 0.25) is 0 Å². The van der Waals surface area contributed by atoms with Crippen LogP contribution in [0.25, 0.3) is 0 Å². The summed E-state index contributed by atoms with van der Waals surface area (Å²) in [6, 6.07) is 0. The van der Waals surface area contributed by atoms with E-state index >= 15 is 0 Å². The predicted octanol–water partition coefficient (Wildman–Crippen LogP) is 1.36. The Morgan fingerprint density at radius 3 is 2.10 bits per heavy atom. The van der Waals surface area contributed by atoms with Gasteiger partial charge in [-0.1, -0.05) is 0 Å². The van der Waals surface area contributed by atoms with Gasteiger partial charge in [0.2, 0.25) is 11.8 Å². The molecule has 0 aromatic heterocycles. The highest BCUT2D eigenvalue weighted by Gasteiger charge is 2.55. The van der Waals surface area contributed by atoms with Crippen LogP contribution in [-0.2, 0) is 9.59 Å². The number of hydrogen-bond acceptors (Lipinski definition) is 3. The Kier molecular flexibility index (Phi) is 3.73. The zero-order valence-corrected chi connectivity index (χ0v) is 12.9. The first-order chi connectivity index (χ1) is 9.47. The molecule has 2 N–H and O–H groups in total. The van der Waals surface area contributed by atoms with E-state index in [2.05, 4.69) is 10.6 Å². The first-order valence-corrected chi connectivity index (χ1v) is 8.15. The van der Waals surface area contributed by atoms with E-state index in [1.165, 1.54) is 39.0 Å². The number of nitrogens with one attached hydrogen (secondary N) is 2. The highest BCUT2D eigenvalue weighted by Crippen LogP contribution is 2.60. The first kappa shape index (κ1) is 14.2. The van der Waals surface area contributed by atoms with Crippen LogP contribution in [-0.4, -0.2) is 29.7 Å². The van der Waals surface area contributed by atoms with Crippen LogP contribution >= 0.6 is 12.6 Å². The van der Waals surface area contributed by atoms with Gasteiger partial charge in [-0.2, -0.15) is 12.6 Å². The van der Waals surface area contributed by atoms with Crippen molar-refractivity contribution in [2.24, 2.45) is 23.7 Å². The number of amides is 2. The molecule has 0 aromatic carbocycles. The maximum Gasteiger partial charge on any atom is 0.239 e. The molecule has 0 radical (unpaired) electrons. The van der Waals surface area contributed by atoms with Gasteiger partial charge in [0.1, 0.15) is 0 Å². The molecule has 112 valence electrons. The van der Waals surface area contributed by atoms with Gasteiger partial charge in [-0.25, -0.2) is 0 Å². The molecule has 4 saturated carbocycles. The van der Waals surface area contributed by atoms with Crippen LogP contribution in [0.4, 0.5) is 0 Å². The van der Waals surface area contributed by atoms with Gasteiger partial charge in [0.25, 0.3) is 0 Å². The Labute approximate surface area is 125 Å². The van der Waals surface area contributed by atoms with Crippen molar-refractivity contribution in [3.63, 3.8) is 0 Å². The van der Waals surface area contributed by atoms with Crippen LogP contribution in [0.5, 0.6) is 0 Å². The standard InChI is InChI=1S/C15H24N2O2S/c1-9(18)16-7-14(19)17-8-15(20)12-3-10-2-11(5-12)6-13(15)4-10/h10-13,20H,2-8H2,1H3,(H,16,18)(H,17,19). The molecule has 4 bridgehead atoms. The van der Waals surface area contributed by atoms with E-state index in [0.717, 1.165) is 11.8 Å². The maximum atomic E-state index is 11.8. The zero-order valence-electron chi connectivity index (χ0n) is 12.0. The molecule has 4 rings (SSSR count). The van der Waals surface area contributed by atoms with Gasteiger partial charge in [0.15, 0.2) is 0 Å². The fourth-order valence-electron chi connectivity index (χ4n) is 4.80. The third-order valence-electron chi connectivity index (χ3n) is 5.62. The summed E-state index contributed by atoms with van der Waals surface area (Å²) >= 11 is 5.01. The average Bonchev–Trinajstić information content (AvgIpc) is 2.39. The number of carbonyl (C=O) groups excluding carboxylic acids is 2. The van der Waals surface area contributed by atoms with Crippen molar-refractivity contribution >= 4 is 24.4 Å². The monoisotopic (exact) mass is 296 g/mol. The van der Waals surface area contributed by atoms with E-state index in [1.54, 1.807) is 0 Å². The van der Waals surface area contributed by atoms with Crippen molar-refractivity contribution in [3.05, 3.63) is 0 Å². The van der Waals surface area contributed by atoms with Gasteiger partial charge in [-0.3, -0.25) is 9.59 Å². The molecule has 2 amide bonds. The maximum absolute atomic E-state index is 11.8. The largest absolute Gasteiger partial charge is 0.353 e. The second-order valence-electron chi connectivity index (χ2n) is 6.98. The lowest BCUT2D eigenvalue weighted by Gasteiger charge is -2.59. The molecule has 4 fully saturated rings. The van der Waals surface area contributed by atoms with E-state index in [4.69, 9.17) is 12.6 Å². The average molecular weight is 296 g/mol. The minimum atomic E-state index is -0.171. The summed E-state index contributed by atoms with van der Waals surface area (Å²) in [4.78, 5) is 22.6. The molecular weight excluding hydrogens is 272 g/mol. The molecule has 0 heterocycles. The number of hydrogen-bond donors (Lipinski definition) is 3. The van der Waals surface area contributed by atoms with E-state index in [9.17, 15) is 9.59 Å². The van der Waals surface area contributed by atoms with Crippen molar-refractivity contribution in [1.29, 1.82) is 0 Å². The summed E-state index contributed by atoms with van der Waals surface area (Å²) < 4.78 is -0.0285. The quantitative estimate of drug-likeness (QED) is 0.686. The predicted molar refractivity (Wildman–Crippen MR) is 80.5 cm³/mol. The normalized spacial score (nSPS) is 41.5. The van der Waals surface area contributed by atoms with E-state index in [-0.39, 0.29) is 23.1 Å². The van der Waals surface area contributed by atoms with Gasteiger partial charge in [-0.15, -0.1) is 0 Å². The van der Waals surface area contributed by atoms with Gasteiger partial charge in [0, 0.05) is 18.2 Å². The fourth-order valence-corrected chi connectivity index (χ4v) is 5.30. The van der Waals surface area contributed by atoms with Crippen LogP contribution in [0.1, 0.15) is 39.0 Å². The molecule has 4 aliphatic rings. The third kappa shape index (κ3) is 2.57. The van der Waals surface area contributed by atoms with Crippen molar-refractivity contribution < 1.29 is 9.59 Å². The van der Waals surface area contributed by atoms with Gasteiger partial charge >= 0.3 is 0 Å². The Morgan fingerprint density at radius 2 is 1.60 bits per heavy atom. The molecule has 0 unspecified atom stereocenters. The summed E-state index contributed by atoms with van der Waals surface area (Å²) in [6.45, 7) is 2.13. The second-order valence-corrected chi connectivity index (χ2v) is 7.81. The molecule has 5 heteroatoms. The Hall–Kier alpha value is -0.710. The summed E-state index contributed by atoms with van der Waals surface area (Å²) in [5.41, 5.74) is 0. The highest BCUT2D eigenvalue weighted by atomic mass is 32.1. The number of rotatable bonds is 4. The summed E-state index contributed by atoms with van der Waals surface area (Å²) in [5, 5.41) is 5.51. The van der Waals surface area contributed by atoms with Crippen molar-refractivity contribution in [2.75, 3.05) is 13.1 Å². The fraction of sp³-hybridized carbons (Fsp3) is 0.867. The van der Waals surface area contributed by atoms with Gasteiger partial charge in [-0.05, 0) is 55.8 Å². The lowest BCUT2D eigenvalue weighted by molar-refractivity contribution is -0.125. The molecule has 0 aliphatic heterocycles. The number of carbonyl (C=O) groups is 2. The lowest BCUT2D eigenvalue weighted by atomic mass is 9.51. The van der Waals surface area contributed by atoms with Crippen molar-refractivity contribution in [2.45, 2.75) is 43.8 Å². The minimum absolute atomic E-state index is 0.0285. The van der Waals surface area contributed by atoms with Crippen LogP contribution in [0.3, 0.4) is 0 Å². The van der Waals surface area contributed by atoms with Gasteiger partial charge < -0.3 is 10.6 Å². The molecule has 4 nitrogen and oxygen atoms in total. The van der Waals surface area contributed by atoms with Crippen LogP contribution < -0.4 is 10.6 Å². The smallest absolute Gasteiger partial charge is 0.239 e. The molecule has 4 aliphatic carbocycles. The van der Waals surface area contributed by atoms with E-state index in [1.807, 2.05) is 0 Å². The summed E-state index contributed by atoms with van der Waals surface area (Å²) in [5.74, 6) is 2.85. The molecular formula is C15H24N2O2S. The van der Waals surface area contributed by atoms with E-state index < -0.39 is 0 Å². The highest BCUT2D eigenvalue weighted by molar-refractivity contribution is 7.81. The molecule has 20 heavy (non-hydrogen) atoms. The van der Waals surface area contributed by atoms with E-state index in [0.29, 0.717) is 18.4 Å². The lowest BCUT2D eigenvalue weighted by Crippen LogP contribution is -2.59. The summed E-state index contributed by atoms with van der Waals surface area (Å²) in [7, 11) is 0. The minimum Gasteiger partial charge on any atom is -0.353 e. The second kappa shape index (κ2) is 5.24. The Balaban J connectivity index is 1.56. The Morgan fingerprint density at radius 1 is 1.05 bits per heavy atom. The first-order valence-electron chi connectivity index (χ1n) is 7.71. The topological polar surface area (TPSA) is 58.2 Å². The van der Waals surface area contributed by atoms with Gasteiger partial charge in [0.05, 0.1) is 6.54 Å². The SMILES string of the molecule is CC(=O)NCC(=O)NCC1(S)C2CC3CC(C2)CC1C3. The molecule has 0 atom stereocenters. The van der Waals surface area contributed by atoms with Crippen molar-refractivity contribution in [3.8, 4) is 0 Å². The zero-order chi connectivity index (χ0) is 14.3. The Bertz CT molecular complexity index is 396. The number of thiol groups is 1. The van der Waals surface area contributed by atoms with Crippen LogP contribution in [0, 0.1) is 23.7 Å². The summed E-state index contributed by atoms with van der Waals surface area (Å²) in [6.07, 6.45) is 6.58.